The van der Waals surface area contributed by atoms with Crippen LogP contribution >= 0.6 is 0 Å². The number of benzene rings is 1. The van der Waals surface area contributed by atoms with E-state index in [2.05, 4.69) is 0 Å². The second-order valence-corrected chi connectivity index (χ2v) is 4.45. The number of nitrogens with zero attached hydrogens (tertiary/aromatic N) is 2. The van der Waals surface area contributed by atoms with Gasteiger partial charge in [0.2, 0.25) is 0 Å². The molecule has 0 aromatic heterocycles. The normalized spacial score (nSPS) is 10.5. The first-order chi connectivity index (χ1) is 8.82. The van der Waals surface area contributed by atoms with Gasteiger partial charge in [-0.2, -0.15) is 0 Å². The first kappa shape index (κ1) is 14.7. The predicted molar refractivity (Wildman–Crippen MR) is 67.9 cm³/mol. The van der Waals surface area contributed by atoms with Crippen molar-refractivity contribution < 1.29 is 14.6 Å². The van der Waals surface area contributed by atoms with Crippen molar-refractivity contribution in [3.05, 3.63) is 44.0 Å². The molecule has 0 saturated heterocycles. The Hall–Kier alpha value is -2.31. The zero-order valence-corrected chi connectivity index (χ0v) is 10.7. The molecule has 1 aromatic carbocycles. The summed E-state index contributed by atoms with van der Waals surface area (Å²) in [5, 5.41) is 21.4. The first-order valence-electron chi connectivity index (χ1n) is 5.77. The van der Waals surface area contributed by atoms with Gasteiger partial charge in [0.25, 0.3) is 11.4 Å². The minimum Gasteiger partial charge on any atom is -0.299 e. The monoisotopic (exact) mass is 266 g/mol. The summed E-state index contributed by atoms with van der Waals surface area (Å²) >= 11 is 0. The Labute approximate surface area is 109 Å². The Kier molecular flexibility index (Phi) is 4.68. The molecule has 1 aromatic rings. The molecule has 0 radical (unpaired) electrons. The zero-order valence-electron chi connectivity index (χ0n) is 10.7. The summed E-state index contributed by atoms with van der Waals surface area (Å²) in [4.78, 5) is 31.6. The second-order valence-electron chi connectivity index (χ2n) is 4.45. The van der Waals surface area contributed by atoms with Crippen LogP contribution in [0, 0.1) is 26.1 Å². The highest BCUT2D eigenvalue weighted by atomic mass is 16.6. The molecule has 0 aliphatic rings. The van der Waals surface area contributed by atoms with E-state index in [0.29, 0.717) is 5.56 Å². The third-order valence-electron chi connectivity index (χ3n) is 2.76. The third kappa shape index (κ3) is 3.84. The quantitative estimate of drug-likeness (QED) is 0.581. The van der Waals surface area contributed by atoms with E-state index >= 15 is 0 Å². The Morgan fingerprint density at radius 1 is 1.21 bits per heavy atom. The van der Waals surface area contributed by atoms with E-state index in [1.807, 2.05) is 0 Å². The van der Waals surface area contributed by atoms with E-state index in [1.54, 1.807) is 13.8 Å². The second kappa shape index (κ2) is 6.03. The number of non-ortho nitro benzene ring substituents is 1. The summed E-state index contributed by atoms with van der Waals surface area (Å²) in [6, 6.07) is 3.47. The van der Waals surface area contributed by atoms with Crippen LogP contribution in [0.3, 0.4) is 0 Å². The molecule has 0 aliphatic carbocycles. The van der Waals surface area contributed by atoms with Gasteiger partial charge in [-0.3, -0.25) is 25.0 Å². The SMILES string of the molecule is CC(C)C(=O)CCc1ccc([N+](=O)[O-])cc1[N+](=O)[O-]. The van der Waals surface area contributed by atoms with Crippen LogP contribution in [0.4, 0.5) is 11.4 Å². The summed E-state index contributed by atoms with van der Waals surface area (Å²) in [7, 11) is 0. The maximum absolute atomic E-state index is 11.5. The highest BCUT2D eigenvalue weighted by Crippen LogP contribution is 2.25. The number of hydrogen-bond donors (Lipinski definition) is 0. The maximum Gasteiger partial charge on any atom is 0.279 e. The smallest absolute Gasteiger partial charge is 0.279 e. The minimum atomic E-state index is -0.684. The fourth-order valence-corrected chi connectivity index (χ4v) is 1.59. The lowest BCUT2D eigenvalue weighted by molar-refractivity contribution is -0.394. The number of hydrogen-bond acceptors (Lipinski definition) is 5. The molecule has 0 N–H and O–H groups in total. The molecular weight excluding hydrogens is 252 g/mol. The summed E-state index contributed by atoms with van der Waals surface area (Å²) in [6.07, 6.45) is 0.404. The molecule has 0 heterocycles. The standard InChI is InChI=1S/C12H14N2O5/c1-8(2)12(15)6-4-9-3-5-10(13(16)17)7-11(9)14(18)19/h3,5,7-8H,4,6H2,1-2H3. The van der Waals surface area contributed by atoms with Gasteiger partial charge in [-0.1, -0.05) is 13.8 Å². The molecule has 0 aliphatic heterocycles. The van der Waals surface area contributed by atoms with Crippen LogP contribution in [0.2, 0.25) is 0 Å². The van der Waals surface area contributed by atoms with Crippen molar-refractivity contribution in [1.29, 1.82) is 0 Å². The minimum absolute atomic E-state index is 0.00708. The molecule has 0 fully saturated rings. The average Bonchev–Trinajstić information content (AvgIpc) is 2.35. The van der Waals surface area contributed by atoms with E-state index in [1.165, 1.54) is 12.1 Å². The van der Waals surface area contributed by atoms with Crippen LogP contribution < -0.4 is 0 Å². The van der Waals surface area contributed by atoms with Gasteiger partial charge in [-0.15, -0.1) is 0 Å². The Morgan fingerprint density at radius 2 is 1.84 bits per heavy atom. The van der Waals surface area contributed by atoms with E-state index < -0.39 is 9.85 Å². The Bertz CT molecular complexity index is 525. The molecule has 0 atom stereocenters. The maximum atomic E-state index is 11.5. The number of carbonyl (C=O) groups is 1. The Morgan fingerprint density at radius 3 is 2.32 bits per heavy atom. The number of nitro groups is 2. The Balaban J connectivity index is 2.98. The fourth-order valence-electron chi connectivity index (χ4n) is 1.59. The lowest BCUT2D eigenvalue weighted by atomic mass is 10.00. The molecule has 7 nitrogen and oxygen atoms in total. The van der Waals surface area contributed by atoms with Crippen LogP contribution in [-0.4, -0.2) is 15.6 Å². The molecule has 1 rings (SSSR count). The van der Waals surface area contributed by atoms with Crippen molar-refractivity contribution in [2.24, 2.45) is 5.92 Å². The molecule has 19 heavy (non-hydrogen) atoms. The predicted octanol–water partition coefficient (Wildman–Crippen LogP) is 2.66. The first-order valence-corrected chi connectivity index (χ1v) is 5.77. The number of aryl methyl sites for hydroxylation is 1. The molecular formula is C12H14N2O5. The van der Waals surface area contributed by atoms with Crippen LogP contribution in [0.1, 0.15) is 25.8 Å². The van der Waals surface area contributed by atoms with E-state index in [9.17, 15) is 25.0 Å². The van der Waals surface area contributed by atoms with E-state index in [-0.39, 0.29) is 35.9 Å². The van der Waals surface area contributed by atoms with Gasteiger partial charge in [0.05, 0.1) is 15.9 Å². The van der Waals surface area contributed by atoms with Gasteiger partial charge in [0.1, 0.15) is 5.78 Å². The van der Waals surface area contributed by atoms with Gasteiger partial charge in [0.15, 0.2) is 0 Å². The van der Waals surface area contributed by atoms with Gasteiger partial charge in [-0.25, -0.2) is 0 Å². The molecule has 0 spiro atoms. The number of Topliss-reactive ketones (excluding diaryl/α,β-unsaturated/α-hetero) is 1. The van der Waals surface area contributed by atoms with Gasteiger partial charge in [-0.05, 0) is 12.5 Å². The molecule has 7 heteroatoms. The van der Waals surface area contributed by atoms with Crippen LogP contribution in [0.25, 0.3) is 0 Å². The van der Waals surface area contributed by atoms with Crippen molar-refractivity contribution in [3.8, 4) is 0 Å². The van der Waals surface area contributed by atoms with E-state index in [0.717, 1.165) is 6.07 Å². The number of carbonyl (C=O) groups excluding carboxylic acids is 1. The lowest BCUT2D eigenvalue weighted by Crippen LogP contribution is -2.08. The van der Waals surface area contributed by atoms with Crippen molar-refractivity contribution in [1.82, 2.24) is 0 Å². The average molecular weight is 266 g/mol. The summed E-state index contributed by atoms with van der Waals surface area (Å²) < 4.78 is 0. The van der Waals surface area contributed by atoms with Crippen molar-refractivity contribution in [3.63, 3.8) is 0 Å². The van der Waals surface area contributed by atoms with Gasteiger partial charge < -0.3 is 0 Å². The molecule has 102 valence electrons. The third-order valence-corrected chi connectivity index (χ3v) is 2.76. The van der Waals surface area contributed by atoms with E-state index in [4.69, 9.17) is 0 Å². The largest absolute Gasteiger partial charge is 0.299 e. The lowest BCUT2D eigenvalue weighted by Gasteiger charge is -2.05. The molecule has 0 saturated carbocycles. The summed E-state index contributed by atoms with van der Waals surface area (Å²) in [5.74, 6) is -0.121. The number of rotatable bonds is 6. The molecule has 0 amide bonds. The number of nitro benzene ring substituents is 2. The van der Waals surface area contributed by atoms with Crippen molar-refractivity contribution >= 4 is 17.2 Å². The van der Waals surface area contributed by atoms with Crippen molar-refractivity contribution in [2.75, 3.05) is 0 Å². The highest BCUT2D eigenvalue weighted by molar-refractivity contribution is 5.80. The fraction of sp³-hybridized carbons (Fsp3) is 0.417. The van der Waals surface area contributed by atoms with Gasteiger partial charge in [0, 0.05) is 24.0 Å². The van der Waals surface area contributed by atoms with Crippen LogP contribution in [0.5, 0.6) is 0 Å². The summed E-state index contributed by atoms with van der Waals surface area (Å²) in [5.41, 5.74) is -0.305. The topological polar surface area (TPSA) is 103 Å². The van der Waals surface area contributed by atoms with Crippen molar-refractivity contribution in [2.45, 2.75) is 26.7 Å². The summed E-state index contributed by atoms with van der Waals surface area (Å²) in [6.45, 7) is 3.51. The molecule has 0 unspecified atom stereocenters. The van der Waals surface area contributed by atoms with Crippen LogP contribution in [-0.2, 0) is 11.2 Å². The molecule has 0 bridgehead atoms. The van der Waals surface area contributed by atoms with Gasteiger partial charge >= 0.3 is 0 Å². The number of ketones is 1. The highest BCUT2D eigenvalue weighted by Gasteiger charge is 2.20. The zero-order chi connectivity index (χ0) is 14.6. The van der Waals surface area contributed by atoms with Crippen LogP contribution in [0.15, 0.2) is 18.2 Å².